The third-order valence-corrected chi connectivity index (χ3v) is 4.47. The number of carbonyl (C=O) groups excluding carboxylic acids is 1. The van der Waals surface area contributed by atoms with Gasteiger partial charge in [-0.05, 0) is 36.4 Å². The van der Waals surface area contributed by atoms with Crippen molar-refractivity contribution in [3.05, 3.63) is 95.2 Å². The maximum absolute atomic E-state index is 12.6. The summed E-state index contributed by atoms with van der Waals surface area (Å²) in [5.41, 5.74) is 2.40. The summed E-state index contributed by atoms with van der Waals surface area (Å²) < 4.78 is 2.65. The molecular weight excluding hydrogens is 404 g/mol. The van der Waals surface area contributed by atoms with Crippen LogP contribution in [-0.4, -0.2) is 20.7 Å². The number of anilines is 1. The fourth-order valence-electron chi connectivity index (χ4n) is 2.65. The number of nitrogens with zero attached hydrogens (tertiary/aromatic N) is 3. The Hall–Kier alpha value is -3.25. The van der Waals surface area contributed by atoms with E-state index in [4.69, 9.17) is 0 Å². The Bertz CT molecular complexity index is 1060. The first-order valence-electron chi connectivity index (χ1n) is 8.35. The summed E-state index contributed by atoms with van der Waals surface area (Å²) in [4.78, 5) is 17.1. The molecule has 4 aromatic rings. The van der Waals surface area contributed by atoms with Crippen LogP contribution in [0.3, 0.4) is 0 Å². The third kappa shape index (κ3) is 3.80. The largest absolute Gasteiger partial charge is 0.319 e. The number of nitrogens with one attached hydrogen (secondary N) is 1. The van der Waals surface area contributed by atoms with E-state index in [0.717, 1.165) is 15.7 Å². The second-order valence-corrected chi connectivity index (χ2v) is 6.75. The van der Waals surface area contributed by atoms with Crippen molar-refractivity contribution in [2.45, 2.75) is 0 Å². The monoisotopic (exact) mass is 418 g/mol. The number of carbonyl (C=O) groups is 1. The molecule has 0 radical (unpaired) electrons. The molecule has 6 heteroatoms. The van der Waals surface area contributed by atoms with Crippen LogP contribution in [-0.2, 0) is 0 Å². The highest BCUT2D eigenvalue weighted by Gasteiger charge is 2.18. The van der Waals surface area contributed by atoms with Crippen LogP contribution >= 0.6 is 15.9 Å². The predicted molar refractivity (Wildman–Crippen MR) is 109 cm³/mol. The fraction of sp³-hybridized carbons (Fsp3) is 0. The first kappa shape index (κ1) is 17.2. The molecule has 0 bridgehead atoms. The summed E-state index contributed by atoms with van der Waals surface area (Å²) >= 11 is 3.44. The summed E-state index contributed by atoms with van der Waals surface area (Å²) in [5.74, 6) is 0.367. The van der Waals surface area contributed by atoms with Crippen LogP contribution < -0.4 is 5.32 Å². The molecule has 132 valence electrons. The molecule has 0 aliphatic rings. The predicted octanol–water partition coefficient (Wildman–Crippen LogP) is 4.95. The van der Waals surface area contributed by atoms with Crippen LogP contribution in [0.1, 0.15) is 10.6 Å². The Kier molecular flexibility index (Phi) is 4.80. The van der Waals surface area contributed by atoms with Gasteiger partial charge in [-0.2, -0.15) is 0 Å². The third-order valence-electron chi connectivity index (χ3n) is 3.95. The molecule has 0 saturated carbocycles. The Balaban J connectivity index is 1.75. The quantitative estimate of drug-likeness (QED) is 0.509. The van der Waals surface area contributed by atoms with Gasteiger partial charge in [-0.25, -0.2) is 9.67 Å². The summed E-state index contributed by atoms with van der Waals surface area (Å²) in [5, 5.41) is 7.29. The van der Waals surface area contributed by atoms with E-state index in [1.54, 1.807) is 4.68 Å². The van der Waals surface area contributed by atoms with E-state index in [1.807, 2.05) is 84.9 Å². The zero-order valence-electron chi connectivity index (χ0n) is 14.2. The smallest absolute Gasteiger partial charge is 0.295 e. The molecule has 4 rings (SSSR count). The molecule has 0 atom stereocenters. The topological polar surface area (TPSA) is 59.8 Å². The van der Waals surface area contributed by atoms with Crippen molar-refractivity contribution in [2.75, 3.05) is 5.32 Å². The SMILES string of the molecule is O=C(Nc1ccccc1)c1nc(-c2ccccc2)n(-c2ccc(Br)cc2)n1. The maximum atomic E-state index is 12.6. The Morgan fingerprint density at radius 3 is 2.15 bits per heavy atom. The molecule has 1 heterocycles. The Morgan fingerprint density at radius 1 is 0.852 bits per heavy atom. The van der Waals surface area contributed by atoms with Gasteiger partial charge < -0.3 is 5.32 Å². The standard InChI is InChI=1S/C21H15BrN4O/c22-16-11-13-18(14-12-16)26-20(15-7-3-1-4-8-15)24-19(25-26)21(27)23-17-9-5-2-6-10-17/h1-14H,(H,23,27). The van der Waals surface area contributed by atoms with E-state index in [9.17, 15) is 4.79 Å². The van der Waals surface area contributed by atoms with Gasteiger partial charge in [0.2, 0.25) is 5.82 Å². The van der Waals surface area contributed by atoms with Crippen molar-refractivity contribution in [3.8, 4) is 17.1 Å². The average Bonchev–Trinajstić information content (AvgIpc) is 3.16. The van der Waals surface area contributed by atoms with Crippen LogP contribution in [0.25, 0.3) is 17.1 Å². The number of rotatable bonds is 4. The first-order valence-corrected chi connectivity index (χ1v) is 9.15. The van der Waals surface area contributed by atoms with Gasteiger partial charge in [-0.15, -0.1) is 5.10 Å². The molecule has 1 N–H and O–H groups in total. The van der Waals surface area contributed by atoms with Gasteiger partial charge in [-0.3, -0.25) is 4.79 Å². The van der Waals surface area contributed by atoms with Gasteiger partial charge in [0.25, 0.3) is 5.91 Å². The average molecular weight is 419 g/mol. The lowest BCUT2D eigenvalue weighted by molar-refractivity contribution is 0.101. The number of halogens is 1. The molecule has 27 heavy (non-hydrogen) atoms. The van der Waals surface area contributed by atoms with E-state index >= 15 is 0 Å². The Morgan fingerprint density at radius 2 is 1.48 bits per heavy atom. The number of aromatic nitrogens is 3. The second-order valence-electron chi connectivity index (χ2n) is 5.83. The molecule has 1 aromatic heterocycles. The van der Waals surface area contributed by atoms with Gasteiger partial charge in [0.05, 0.1) is 5.69 Å². The fourth-order valence-corrected chi connectivity index (χ4v) is 2.92. The van der Waals surface area contributed by atoms with Crippen molar-refractivity contribution in [3.63, 3.8) is 0 Å². The zero-order chi connectivity index (χ0) is 18.6. The number of para-hydroxylation sites is 1. The molecule has 0 aliphatic carbocycles. The lowest BCUT2D eigenvalue weighted by atomic mass is 10.2. The molecule has 1 amide bonds. The summed E-state index contributed by atoms with van der Waals surface area (Å²) in [6, 6.07) is 26.6. The molecule has 0 aliphatic heterocycles. The number of hydrogen-bond donors (Lipinski definition) is 1. The maximum Gasteiger partial charge on any atom is 0.295 e. The van der Waals surface area contributed by atoms with Crippen molar-refractivity contribution < 1.29 is 4.79 Å². The van der Waals surface area contributed by atoms with Gasteiger partial charge in [0.15, 0.2) is 5.82 Å². The summed E-state index contributed by atoms with van der Waals surface area (Å²) in [7, 11) is 0. The lowest BCUT2D eigenvalue weighted by Crippen LogP contribution is -2.14. The van der Waals surface area contributed by atoms with Crippen molar-refractivity contribution >= 4 is 27.5 Å². The van der Waals surface area contributed by atoms with Crippen LogP contribution in [0, 0.1) is 0 Å². The molecule has 3 aromatic carbocycles. The van der Waals surface area contributed by atoms with E-state index in [2.05, 4.69) is 31.3 Å². The first-order chi connectivity index (χ1) is 13.2. The van der Waals surface area contributed by atoms with Crippen LogP contribution in [0.4, 0.5) is 5.69 Å². The van der Waals surface area contributed by atoms with Crippen LogP contribution in [0.5, 0.6) is 0 Å². The summed E-state index contributed by atoms with van der Waals surface area (Å²) in [6.45, 7) is 0. The lowest BCUT2D eigenvalue weighted by Gasteiger charge is -2.05. The minimum absolute atomic E-state index is 0.112. The van der Waals surface area contributed by atoms with Gasteiger partial charge >= 0.3 is 0 Å². The van der Waals surface area contributed by atoms with E-state index in [-0.39, 0.29) is 11.7 Å². The zero-order valence-corrected chi connectivity index (χ0v) is 15.8. The van der Waals surface area contributed by atoms with Crippen molar-refractivity contribution in [2.24, 2.45) is 0 Å². The highest BCUT2D eigenvalue weighted by atomic mass is 79.9. The minimum atomic E-state index is -0.353. The molecule has 0 fully saturated rings. The minimum Gasteiger partial charge on any atom is -0.319 e. The molecule has 0 spiro atoms. The van der Waals surface area contributed by atoms with Gasteiger partial charge in [0, 0.05) is 15.7 Å². The molecule has 0 saturated heterocycles. The molecule has 0 unspecified atom stereocenters. The summed E-state index contributed by atoms with van der Waals surface area (Å²) in [6.07, 6.45) is 0. The van der Waals surface area contributed by atoms with E-state index < -0.39 is 0 Å². The van der Waals surface area contributed by atoms with Crippen molar-refractivity contribution in [1.82, 2.24) is 14.8 Å². The normalized spacial score (nSPS) is 10.6. The Labute approximate surface area is 164 Å². The highest BCUT2D eigenvalue weighted by Crippen LogP contribution is 2.22. The van der Waals surface area contributed by atoms with E-state index in [0.29, 0.717) is 11.5 Å². The van der Waals surface area contributed by atoms with Crippen LogP contribution in [0.15, 0.2) is 89.4 Å². The van der Waals surface area contributed by atoms with Crippen LogP contribution in [0.2, 0.25) is 0 Å². The molecule has 5 nitrogen and oxygen atoms in total. The second kappa shape index (κ2) is 7.55. The number of hydrogen-bond acceptors (Lipinski definition) is 3. The number of benzene rings is 3. The molecular formula is C21H15BrN4O. The highest BCUT2D eigenvalue weighted by molar-refractivity contribution is 9.10. The van der Waals surface area contributed by atoms with Crippen molar-refractivity contribution in [1.29, 1.82) is 0 Å². The number of amides is 1. The van der Waals surface area contributed by atoms with Gasteiger partial charge in [-0.1, -0.05) is 64.5 Å². The van der Waals surface area contributed by atoms with Gasteiger partial charge in [0.1, 0.15) is 0 Å². The van der Waals surface area contributed by atoms with E-state index in [1.165, 1.54) is 0 Å².